The first-order valence-electron chi connectivity index (χ1n) is 6.80. The summed E-state index contributed by atoms with van der Waals surface area (Å²) in [6.45, 7) is 2.87. The summed E-state index contributed by atoms with van der Waals surface area (Å²) in [6, 6.07) is 8.82. The van der Waals surface area contributed by atoms with Crippen LogP contribution in [0, 0.1) is 0 Å². The van der Waals surface area contributed by atoms with Crippen molar-refractivity contribution in [3.05, 3.63) is 29.8 Å². The average molecular weight is 281 g/mol. The number of nitrogens with one attached hydrogen (secondary N) is 1. The van der Waals surface area contributed by atoms with Crippen LogP contribution in [-0.4, -0.2) is 35.4 Å². The molecule has 1 aromatic rings. The number of hydrogen-bond acceptors (Lipinski definition) is 3. The van der Waals surface area contributed by atoms with E-state index < -0.39 is 10.8 Å². The summed E-state index contributed by atoms with van der Waals surface area (Å²) in [5, 5.41) is 3.73. The number of hydrogen-bond donors (Lipinski definition) is 1. The largest absolute Gasteiger partial charge is 0.496 e. The van der Waals surface area contributed by atoms with Gasteiger partial charge in [0.2, 0.25) is 0 Å². The van der Waals surface area contributed by atoms with Crippen molar-refractivity contribution in [1.29, 1.82) is 0 Å². The Morgan fingerprint density at radius 2 is 2.11 bits per heavy atom. The van der Waals surface area contributed by atoms with Crippen molar-refractivity contribution in [3.8, 4) is 5.75 Å². The first kappa shape index (κ1) is 14.5. The zero-order valence-electron chi connectivity index (χ0n) is 11.9. The first-order chi connectivity index (χ1) is 9.11. The van der Waals surface area contributed by atoms with Gasteiger partial charge in [-0.25, -0.2) is 0 Å². The van der Waals surface area contributed by atoms with Crippen molar-refractivity contribution in [2.75, 3.05) is 19.9 Å². The maximum atomic E-state index is 11.3. The Hall–Kier alpha value is -0.870. The molecule has 0 heterocycles. The van der Waals surface area contributed by atoms with E-state index in [9.17, 15) is 4.21 Å². The second-order valence-corrected chi connectivity index (χ2v) is 7.13. The Morgan fingerprint density at radius 1 is 1.42 bits per heavy atom. The molecule has 106 valence electrons. The minimum atomic E-state index is -0.737. The molecule has 1 fully saturated rings. The van der Waals surface area contributed by atoms with Gasteiger partial charge < -0.3 is 10.1 Å². The summed E-state index contributed by atoms with van der Waals surface area (Å²) in [5.41, 5.74) is 1.31. The number of para-hydroxylation sites is 1. The highest BCUT2D eigenvalue weighted by molar-refractivity contribution is 7.84. The molecule has 2 rings (SSSR count). The number of methoxy groups -OCH3 is 1. The Kier molecular flexibility index (Phi) is 4.99. The van der Waals surface area contributed by atoms with Crippen molar-refractivity contribution in [3.63, 3.8) is 0 Å². The van der Waals surface area contributed by atoms with Crippen molar-refractivity contribution >= 4 is 10.8 Å². The van der Waals surface area contributed by atoms with E-state index in [1.54, 1.807) is 13.4 Å². The molecular formula is C15H23NO2S. The molecule has 0 aliphatic heterocycles. The van der Waals surface area contributed by atoms with Gasteiger partial charge in [-0.15, -0.1) is 0 Å². The highest BCUT2D eigenvalue weighted by atomic mass is 32.2. The van der Waals surface area contributed by atoms with Crippen molar-refractivity contribution in [2.24, 2.45) is 0 Å². The van der Waals surface area contributed by atoms with Crippen LogP contribution in [0.2, 0.25) is 0 Å². The predicted molar refractivity (Wildman–Crippen MR) is 80.3 cm³/mol. The van der Waals surface area contributed by atoms with Gasteiger partial charge in [-0.05, 0) is 37.3 Å². The number of benzene rings is 1. The lowest BCUT2D eigenvalue weighted by atomic mass is 9.75. The van der Waals surface area contributed by atoms with Gasteiger partial charge in [-0.1, -0.05) is 18.2 Å². The van der Waals surface area contributed by atoms with E-state index in [-0.39, 0.29) is 5.25 Å². The van der Waals surface area contributed by atoms with Gasteiger partial charge in [0.05, 0.1) is 7.11 Å². The van der Waals surface area contributed by atoms with E-state index in [2.05, 4.69) is 17.4 Å². The quantitative estimate of drug-likeness (QED) is 0.869. The van der Waals surface area contributed by atoms with E-state index in [4.69, 9.17) is 4.74 Å². The monoisotopic (exact) mass is 281 g/mol. The molecule has 3 nitrogen and oxygen atoms in total. The number of rotatable bonds is 6. The van der Waals surface area contributed by atoms with E-state index in [1.165, 1.54) is 5.56 Å². The molecule has 0 saturated heterocycles. The van der Waals surface area contributed by atoms with Crippen LogP contribution in [0.4, 0.5) is 0 Å². The standard InChI is InChI=1S/C15H23NO2S/c1-11(19(3)17)10-16-13-8-12(9-13)14-6-4-5-7-15(14)18-2/h4-7,11-13,16H,8-10H2,1-3H3. The van der Waals surface area contributed by atoms with E-state index in [1.807, 2.05) is 19.1 Å². The van der Waals surface area contributed by atoms with Gasteiger partial charge in [-0.2, -0.15) is 0 Å². The van der Waals surface area contributed by atoms with Gasteiger partial charge in [0, 0.05) is 34.9 Å². The van der Waals surface area contributed by atoms with E-state index in [0.29, 0.717) is 12.0 Å². The summed E-state index contributed by atoms with van der Waals surface area (Å²) in [5.74, 6) is 1.59. The normalized spacial score (nSPS) is 25.4. The highest BCUT2D eigenvalue weighted by Gasteiger charge is 2.31. The lowest BCUT2D eigenvalue weighted by Crippen LogP contribution is -2.43. The summed E-state index contributed by atoms with van der Waals surface area (Å²) in [4.78, 5) is 0. The van der Waals surface area contributed by atoms with Gasteiger partial charge in [0.25, 0.3) is 0 Å². The SMILES string of the molecule is COc1ccccc1C1CC(NCC(C)S(C)=O)C1. The maximum absolute atomic E-state index is 11.3. The van der Waals surface area contributed by atoms with Crippen LogP contribution in [0.3, 0.4) is 0 Å². The van der Waals surface area contributed by atoms with Crippen LogP contribution in [0.1, 0.15) is 31.2 Å². The molecule has 0 aromatic heterocycles. The number of ether oxygens (including phenoxy) is 1. The predicted octanol–water partition coefficient (Wildman–Crippen LogP) is 2.30. The summed E-state index contributed by atoms with van der Waals surface area (Å²) >= 11 is 0. The lowest BCUT2D eigenvalue weighted by Gasteiger charge is -2.37. The zero-order valence-corrected chi connectivity index (χ0v) is 12.7. The zero-order chi connectivity index (χ0) is 13.8. The smallest absolute Gasteiger partial charge is 0.122 e. The Morgan fingerprint density at radius 3 is 2.74 bits per heavy atom. The third-order valence-corrected chi connectivity index (χ3v) is 5.28. The topological polar surface area (TPSA) is 38.3 Å². The molecule has 1 aliphatic rings. The minimum absolute atomic E-state index is 0.227. The van der Waals surface area contributed by atoms with Crippen LogP contribution in [-0.2, 0) is 10.8 Å². The van der Waals surface area contributed by atoms with E-state index in [0.717, 1.165) is 25.1 Å². The fraction of sp³-hybridized carbons (Fsp3) is 0.600. The molecule has 0 bridgehead atoms. The molecule has 2 unspecified atom stereocenters. The average Bonchev–Trinajstić information content (AvgIpc) is 2.36. The molecule has 2 atom stereocenters. The third-order valence-electron chi connectivity index (χ3n) is 3.98. The molecule has 19 heavy (non-hydrogen) atoms. The molecule has 1 saturated carbocycles. The molecule has 1 aromatic carbocycles. The second kappa shape index (κ2) is 6.53. The highest BCUT2D eigenvalue weighted by Crippen LogP contribution is 2.40. The van der Waals surface area contributed by atoms with Crippen LogP contribution < -0.4 is 10.1 Å². The summed E-state index contributed by atoms with van der Waals surface area (Å²) in [6.07, 6.45) is 4.05. The molecule has 0 spiro atoms. The second-order valence-electron chi connectivity index (χ2n) is 5.32. The Balaban J connectivity index is 1.81. The van der Waals surface area contributed by atoms with Crippen molar-refractivity contribution in [2.45, 2.75) is 37.0 Å². The first-order valence-corrected chi connectivity index (χ1v) is 8.42. The molecule has 1 N–H and O–H groups in total. The minimum Gasteiger partial charge on any atom is -0.496 e. The molecule has 0 radical (unpaired) electrons. The lowest BCUT2D eigenvalue weighted by molar-refractivity contribution is 0.284. The third kappa shape index (κ3) is 3.57. The molecule has 4 heteroatoms. The van der Waals surface area contributed by atoms with Crippen LogP contribution in [0.15, 0.2) is 24.3 Å². The van der Waals surface area contributed by atoms with Crippen LogP contribution in [0.25, 0.3) is 0 Å². The summed E-state index contributed by atoms with van der Waals surface area (Å²) < 4.78 is 16.7. The fourth-order valence-electron chi connectivity index (χ4n) is 2.49. The molecular weight excluding hydrogens is 258 g/mol. The van der Waals surface area contributed by atoms with Gasteiger partial charge in [0.15, 0.2) is 0 Å². The van der Waals surface area contributed by atoms with Gasteiger partial charge in [0.1, 0.15) is 5.75 Å². The van der Waals surface area contributed by atoms with Crippen LogP contribution in [0.5, 0.6) is 5.75 Å². The summed E-state index contributed by atoms with van der Waals surface area (Å²) in [7, 11) is 0.991. The van der Waals surface area contributed by atoms with Crippen LogP contribution >= 0.6 is 0 Å². The molecule has 1 aliphatic carbocycles. The maximum Gasteiger partial charge on any atom is 0.122 e. The Labute approximate surface area is 118 Å². The Bertz CT molecular complexity index is 444. The van der Waals surface area contributed by atoms with Gasteiger partial charge in [-0.3, -0.25) is 4.21 Å². The fourth-order valence-corrected chi connectivity index (χ4v) is 2.82. The molecule has 0 amide bonds. The van der Waals surface area contributed by atoms with Crippen molar-refractivity contribution in [1.82, 2.24) is 5.32 Å². The van der Waals surface area contributed by atoms with E-state index >= 15 is 0 Å². The van der Waals surface area contributed by atoms with Crippen molar-refractivity contribution < 1.29 is 8.95 Å². The van der Waals surface area contributed by atoms with Gasteiger partial charge >= 0.3 is 0 Å².